The Balaban J connectivity index is 0.000000281. The Bertz CT molecular complexity index is 231. The summed E-state index contributed by atoms with van der Waals surface area (Å²) in [6.45, 7) is 8.24. The van der Waals surface area contributed by atoms with Crippen molar-refractivity contribution in [3.8, 4) is 0 Å². The van der Waals surface area contributed by atoms with Crippen molar-refractivity contribution in [2.24, 2.45) is 0 Å². The summed E-state index contributed by atoms with van der Waals surface area (Å²) in [5.74, 6) is -2.51. The van der Waals surface area contributed by atoms with Gasteiger partial charge in [0.15, 0.2) is 0 Å². The SMILES string of the molecule is CCN1CCNCC1.O=C(O)/C=C\C(=O)O. The van der Waals surface area contributed by atoms with Crippen LogP contribution in [-0.2, 0) is 9.59 Å². The van der Waals surface area contributed by atoms with Crippen molar-refractivity contribution in [2.75, 3.05) is 32.7 Å². The molecule has 1 saturated heterocycles. The number of likely N-dealkylation sites (N-methyl/N-ethyl adjacent to an activating group) is 1. The van der Waals surface area contributed by atoms with Crippen LogP contribution in [0, 0.1) is 0 Å². The van der Waals surface area contributed by atoms with Crippen LogP contribution >= 0.6 is 0 Å². The number of carboxylic acid groups (broad SMARTS) is 2. The van der Waals surface area contributed by atoms with Gasteiger partial charge in [-0.15, -0.1) is 0 Å². The molecule has 1 fully saturated rings. The summed E-state index contributed by atoms with van der Waals surface area (Å²) in [4.78, 5) is 21.6. The van der Waals surface area contributed by atoms with Crippen molar-refractivity contribution < 1.29 is 19.8 Å². The van der Waals surface area contributed by atoms with Crippen molar-refractivity contribution >= 4 is 11.9 Å². The summed E-state index contributed by atoms with van der Waals surface area (Å²) in [5.41, 5.74) is 0. The number of nitrogens with zero attached hydrogens (tertiary/aromatic N) is 1. The maximum absolute atomic E-state index is 9.55. The molecule has 1 heterocycles. The summed E-state index contributed by atoms with van der Waals surface area (Å²) in [6, 6.07) is 0. The molecule has 0 aromatic carbocycles. The third-order valence-electron chi connectivity index (χ3n) is 2.03. The quantitative estimate of drug-likeness (QED) is 0.573. The monoisotopic (exact) mass is 230 g/mol. The molecule has 6 heteroatoms. The molecule has 1 rings (SSSR count). The van der Waals surface area contributed by atoms with Crippen LogP contribution in [0.3, 0.4) is 0 Å². The second-order valence-electron chi connectivity index (χ2n) is 3.19. The minimum Gasteiger partial charge on any atom is -0.478 e. The highest BCUT2D eigenvalue weighted by Gasteiger charge is 2.04. The van der Waals surface area contributed by atoms with Crippen LogP contribution in [0.4, 0.5) is 0 Å². The molecule has 0 saturated carbocycles. The third kappa shape index (κ3) is 9.17. The number of piperazine rings is 1. The largest absolute Gasteiger partial charge is 0.478 e. The van der Waals surface area contributed by atoms with Gasteiger partial charge in [-0.25, -0.2) is 9.59 Å². The minimum absolute atomic E-state index is 0.558. The van der Waals surface area contributed by atoms with Crippen LogP contribution in [0.1, 0.15) is 6.92 Å². The van der Waals surface area contributed by atoms with E-state index in [-0.39, 0.29) is 0 Å². The number of carbonyl (C=O) groups is 2. The molecule has 0 aromatic rings. The van der Waals surface area contributed by atoms with Gasteiger partial charge in [0.1, 0.15) is 0 Å². The van der Waals surface area contributed by atoms with Gasteiger partial charge in [-0.2, -0.15) is 0 Å². The molecule has 0 radical (unpaired) electrons. The fraction of sp³-hybridized carbons (Fsp3) is 0.600. The van der Waals surface area contributed by atoms with E-state index >= 15 is 0 Å². The molecule has 0 aromatic heterocycles. The van der Waals surface area contributed by atoms with Gasteiger partial charge < -0.3 is 20.4 Å². The zero-order valence-corrected chi connectivity index (χ0v) is 9.35. The van der Waals surface area contributed by atoms with E-state index in [0.29, 0.717) is 12.2 Å². The lowest BCUT2D eigenvalue weighted by Crippen LogP contribution is -2.43. The second kappa shape index (κ2) is 8.87. The molecule has 3 N–H and O–H groups in total. The van der Waals surface area contributed by atoms with Crippen molar-refractivity contribution in [2.45, 2.75) is 6.92 Å². The fourth-order valence-corrected chi connectivity index (χ4v) is 1.17. The Labute approximate surface area is 94.6 Å². The number of hydrogen-bond acceptors (Lipinski definition) is 4. The van der Waals surface area contributed by atoms with E-state index in [4.69, 9.17) is 10.2 Å². The fourth-order valence-electron chi connectivity index (χ4n) is 1.17. The molecular weight excluding hydrogens is 212 g/mol. The van der Waals surface area contributed by atoms with Crippen molar-refractivity contribution in [3.05, 3.63) is 12.2 Å². The normalized spacial score (nSPS) is 16.6. The Morgan fingerprint density at radius 3 is 1.88 bits per heavy atom. The maximum atomic E-state index is 9.55. The van der Waals surface area contributed by atoms with Gasteiger partial charge in [0, 0.05) is 38.3 Å². The highest BCUT2D eigenvalue weighted by molar-refractivity contribution is 5.89. The van der Waals surface area contributed by atoms with Gasteiger partial charge in [-0.3, -0.25) is 0 Å². The summed E-state index contributed by atoms with van der Waals surface area (Å²) < 4.78 is 0. The van der Waals surface area contributed by atoms with Gasteiger partial charge in [-0.05, 0) is 6.54 Å². The molecule has 1 aliphatic heterocycles. The van der Waals surface area contributed by atoms with E-state index in [2.05, 4.69) is 17.1 Å². The first-order chi connectivity index (χ1) is 7.56. The van der Waals surface area contributed by atoms with Crippen LogP contribution in [0.2, 0.25) is 0 Å². The van der Waals surface area contributed by atoms with Crippen LogP contribution in [-0.4, -0.2) is 59.8 Å². The molecule has 0 atom stereocenters. The first kappa shape index (κ1) is 14.6. The minimum atomic E-state index is -1.26. The van der Waals surface area contributed by atoms with Gasteiger partial charge in [0.05, 0.1) is 0 Å². The standard InChI is InChI=1S/C6H14N2.C4H4O4/c1-2-8-5-3-7-4-6-8;5-3(6)1-2-4(7)8/h7H,2-6H2,1H3;1-2H,(H,5,6)(H,7,8)/b;2-1-. The zero-order valence-electron chi connectivity index (χ0n) is 9.35. The molecule has 0 amide bonds. The summed E-state index contributed by atoms with van der Waals surface area (Å²) >= 11 is 0. The van der Waals surface area contributed by atoms with Crippen LogP contribution in [0.15, 0.2) is 12.2 Å². The van der Waals surface area contributed by atoms with Crippen LogP contribution in [0.5, 0.6) is 0 Å². The molecule has 0 unspecified atom stereocenters. The summed E-state index contributed by atoms with van der Waals surface area (Å²) in [5, 5.41) is 18.9. The predicted molar refractivity (Wildman–Crippen MR) is 59.4 cm³/mol. The van der Waals surface area contributed by atoms with Gasteiger partial charge >= 0.3 is 11.9 Å². The molecule has 0 aliphatic carbocycles. The first-order valence-electron chi connectivity index (χ1n) is 5.13. The Morgan fingerprint density at radius 1 is 1.19 bits per heavy atom. The topological polar surface area (TPSA) is 89.9 Å². The van der Waals surface area contributed by atoms with E-state index in [0.717, 1.165) is 0 Å². The predicted octanol–water partition coefficient (Wildman–Crippen LogP) is -0.377. The molecular formula is C10H18N2O4. The number of nitrogens with one attached hydrogen (secondary N) is 1. The number of aliphatic carboxylic acids is 2. The molecule has 1 aliphatic rings. The smallest absolute Gasteiger partial charge is 0.328 e. The third-order valence-corrected chi connectivity index (χ3v) is 2.03. The summed E-state index contributed by atoms with van der Waals surface area (Å²) in [7, 11) is 0. The van der Waals surface area contributed by atoms with Crippen molar-refractivity contribution in [1.29, 1.82) is 0 Å². The Kier molecular flexibility index (Phi) is 8.10. The van der Waals surface area contributed by atoms with E-state index in [1.54, 1.807) is 0 Å². The number of carboxylic acids is 2. The number of rotatable bonds is 3. The average Bonchev–Trinajstić information content (AvgIpc) is 2.28. The van der Waals surface area contributed by atoms with Gasteiger partial charge in [-0.1, -0.05) is 6.92 Å². The first-order valence-corrected chi connectivity index (χ1v) is 5.13. The van der Waals surface area contributed by atoms with E-state index < -0.39 is 11.9 Å². The lowest BCUT2D eigenvalue weighted by Gasteiger charge is -2.25. The highest BCUT2D eigenvalue weighted by Crippen LogP contribution is 1.88. The molecule has 16 heavy (non-hydrogen) atoms. The van der Waals surface area contributed by atoms with Crippen molar-refractivity contribution in [3.63, 3.8) is 0 Å². The number of hydrogen-bond donors (Lipinski definition) is 3. The average molecular weight is 230 g/mol. The zero-order chi connectivity index (χ0) is 12.4. The molecule has 0 spiro atoms. The van der Waals surface area contributed by atoms with E-state index in [1.807, 2.05) is 0 Å². The molecule has 6 nitrogen and oxygen atoms in total. The van der Waals surface area contributed by atoms with E-state index in [9.17, 15) is 9.59 Å². The maximum Gasteiger partial charge on any atom is 0.328 e. The van der Waals surface area contributed by atoms with E-state index in [1.165, 1.54) is 32.7 Å². The summed E-state index contributed by atoms with van der Waals surface area (Å²) in [6.07, 6.45) is 1.12. The Morgan fingerprint density at radius 2 is 1.62 bits per heavy atom. The van der Waals surface area contributed by atoms with Crippen molar-refractivity contribution in [1.82, 2.24) is 10.2 Å². The molecule has 0 bridgehead atoms. The second-order valence-corrected chi connectivity index (χ2v) is 3.19. The highest BCUT2D eigenvalue weighted by atomic mass is 16.4. The van der Waals surface area contributed by atoms with Crippen LogP contribution in [0.25, 0.3) is 0 Å². The van der Waals surface area contributed by atoms with Gasteiger partial charge in [0.25, 0.3) is 0 Å². The molecule has 92 valence electrons. The van der Waals surface area contributed by atoms with Crippen LogP contribution < -0.4 is 5.32 Å². The lowest BCUT2D eigenvalue weighted by molar-refractivity contribution is -0.134. The van der Waals surface area contributed by atoms with Gasteiger partial charge in [0.2, 0.25) is 0 Å². The lowest BCUT2D eigenvalue weighted by atomic mass is 10.4. The Hall–Kier alpha value is -1.40.